The Morgan fingerprint density at radius 2 is 1.88 bits per heavy atom. The van der Waals surface area contributed by atoms with Crippen LogP contribution in [0.2, 0.25) is 0 Å². The molecule has 0 saturated carbocycles. The molecule has 2 rings (SSSR count). The summed E-state index contributed by atoms with van der Waals surface area (Å²) in [7, 11) is 0. The number of carbonyl (C=O) groups is 1. The lowest BCUT2D eigenvalue weighted by Gasteiger charge is -2.26. The molecule has 1 saturated heterocycles. The Bertz CT molecular complexity index is 386. The summed E-state index contributed by atoms with van der Waals surface area (Å²) in [6.45, 7) is 4.30. The predicted octanol–water partition coefficient (Wildman–Crippen LogP) is 3.67. The maximum atomic E-state index is 12.4. The Balaban J connectivity index is 2.12. The Morgan fingerprint density at radius 3 is 2.47 bits per heavy atom. The van der Waals surface area contributed by atoms with E-state index in [-0.39, 0.29) is 5.25 Å². The molecule has 0 N–H and O–H groups in total. The molecule has 0 aliphatic carbocycles. The van der Waals surface area contributed by atoms with Gasteiger partial charge in [-0.2, -0.15) is 11.8 Å². The van der Waals surface area contributed by atoms with Crippen LogP contribution in [0.25, 0.3) is 0 Å². The zero-order valence-corrected chi connectivity index (χ0v) is 11.9. The van der Waals surface area contributed by atoms with Gasteiger partial charge in [0, 0.05) is 22.3 Å². The van der Waals surface area contributed by atoms with E-state index in [9.17, 15) is 4.79 Å². The highest BCUT2D eigenvalue weighted by molar-refractivity contribution is 8.07. The third-order valence-corrected chi connectivity index (χ3v) is 6.18. The highest BCUT2D eigenvalue weighted by Gasteiger charge is 2.29. The first-order valence-corrected chi connectivity index (χ1v) is 8.18. The third-order valence-electron chi connectivity index (χ3n) is 3.09. The van der Waals surface area contributed by atoms with Crippen molar-refractivity contribution >= 4 is 29.3 Å². The van der Waals surface area contributed by atoms with Crippen molar-refractivity contribution in [2.45, 2.75) is 30.8 Å². The Labute approximate surface area is 112 Å². The minimum atomic E-state index is 0.140. The van der Waals surface area contributed by atoms with Gasteiger partial charge in [0.25, 0.3) is 0 Å². The summed E-state index contributed by atoms with van der Waals surface area (Å²) in [5, 5.41) is 0.577. The number of aryl methyl sites for hydroxylation is 1. The molecule has 3 heteroatoms. The van der Waals surface area contributed by atoms with E-state index in [0.717, 1.165) is 17.7 Å². The molecule has 0 amide bonds. The van der Waals surface area contributed by atoms with Crippen molar-refractivity contribution in [1.82, 2.24) is 0 Å². The van der Waals surface area contributed by atoms with Crippen molar-refractivity contribution in [3.05, 3.63) is 35.4 Å². The number of benzene rings is 1. The van der Waals surface area contributed by atoms with Crippen LogP contribution in [0.3, 0.4) is 0 Å². The summed E-state index contributed by atoms with van der Waals surface area (Å²) < 4.78 is 0. The van der Waals surface area contributed by atoms with E-state index in [1.54, 1.807) is 0 Å². The van der Waals surface area contributed by atoms with E-state index in [2.05, 4.69) is 26.0 Å². The van der Waals surface area contributed by atoms with E-state index < -0.39 is 0 Å². The molecule has 1 heterocycles. The van der Waals surface area contributed by atoms with Gasteiger partial charge in [0.05, 0.1) is 5.25 Å². The standard InChI is InChI=1S/C14H18OS2/c1-3-11-4-6-12(7-5-11)13(15)14-10(2)16-8-9-17-14/h4-7,10,14H,3,8-9H2,1-2H3. The van der Waals surface area contributed by atoms with Gasteiger partial charge >= 0.3 is 0 Å². The number of thioether (sulfide) groups is 2. The molecule has 92 valence electrons. The molecule has 0 bridgehead atoms. The third kappa shape index (κ3) is 3.08. The van der Waals surface area contributed by atoms with Crippen LogP contribution in [0.5, 0.6) is 0 Å². The van der Waals surface area contributed by atoms with Crippen LogP contribution in [-0.2, 0) is 6.42 Å². The lowest BCUT2D eigenvalue weighted by Crippen LogP contribution is -2.31. The normalized spacial score (nSPS) is 24.6. The fraction of sp³-hybridized carbons (Fsp3) is 0.500. The number of hydrogen-bond donors (Lipinski definition) is 0. The van der Waals surface area contributed by atoms with Crippen LogP contribution in [0.15, 0.2) is 24.3 Å². The molecule has 17 heavy (non-hydrogen) atoms. The summed E-state index contributed by atoms with van der Waals surface area (Å²) in [4.78, 5) is 12.4. The van der Waals surface area contributed by atoms with E-state index >= 15 is 0 Å². The number of Topliss-reactive ketones (excluding diaryl/α,β-unsaturated/α-hetero) is 1. The monoisotopic (exact) mass is 266 g/mol. The highest BCUT2D eigenvalue weighted by Crippen LogP contribution is 2.33. The van der Waals surface area contributed by atoms with Crippen molar-refractivity contribution in [1.29, 1.82) is 0 Å². The lowest BCUT2D eigenvalue weighted by atomic mass is 10.0. The molecular formula is C14H18OS2. The SMILES string of the molecule is CCc1ccc(C(=O)C2SCCSC2C)cc1. The summed E-state index contributed by atoms with van der Waals surface area (Å²) >= 11 is 3.73. The number of hydrogen-bond acceptors (Lipinski definition) is 3. The van der Waals surface area contributed by atoms with Crippen molar-refractivity contribution < 1.29 is 4.79 Å². The average Bonchev–Trinajstić information content (AvgIpc) is 2.39. The number of carbonyl (C=O) groups excluding carboxylic acids is 1. The molecule has 0 aromatic heterocycles. The molecule has 1 aromatic carbocycles. The summed E-state index contributed by atoms with van der Waals surface area (Å²) in [5.74, 6) is 2.57. The molecule has 1 fully saturated rings. The molecule has 2 atom stereocenters. The predicted molar refractivity (Wildman–Crippen MR) is 78.3 cm³/mol. The molecule has 0 spiro atoms. The minimum Gasteiger partial charge on any atom is -0.293 e. The Hall–Kier alpha value is -0.410. The maximum absolute atomic E-state index is 12.4. The molecular weight excluding hydrogens is 248 g/mol. The first-order valence-electron chi connectivity index (χ1n) is 6.08. The average molecular weight is 266 g/mol. The molecule has 1 aromatic rings. The van der Waals surface area contributed by atoms with Gasteiger partial charge in [-0.1, -0.05) is 38.1 Å². The van der Waals surface area contributed by atoms with Gasteiger partial charge in [0.15, 0.2) is 5.78 Å². The number of ketones is 1. The molecule has 2 unspecified atom stereocenters. The van der Waals surface area contributed by atoms with Gasteiger partial charge in [-0.15, -0.1) is 11.8 Å². The first-order chi connectivity index (χ1) is 8.22. The molecule has 1 aliphatic rings. The number of rotatable bonds is 3. The second-order valence-electron chi connectivity index (χ2n) is 4.28. The van der Waals surface area contributed by atoms with Crippen molar-refractivity contribution in [3.63, 3.8) is 0 Å². The maximum Gasteiger partial charge on any atom is 0.176 e. The van der Waals surface area contributed by atoms with E-state index in [0.29, 0.717) is 11.0 Å². The highest BCUT2D eigenvalue weighted by atomic mass is 32.2. The fourth-order valence-corrected chi connectivity index (χ4v) is 4.71. The summed E-state index contributed by atoms with van der Waals surface area (Å²) in [6.07, 6.45) is 1.03. The molecule has 1 aliphatic heterocycles. The van der Waals surface area contributed by atoms with Crippen molar-refractivity contribution in [2.75, 3.05) is 11.5 Å². The first kappa shape index (κ1) is 13.0. The van der Waals surface area contributed by atoms with Crippen LogP contribution >= 0.6 is 23.5 Å². The molecule has 1 nitrogen and oxygen atoms in total. The van der Waals surface area contributed by atoms with Gasteiger partial charge in [-0.3, -0.25) is 4.79 Å². The smallest absolute Gasteiger partial charge is 0.176 e. The summed E-state index contributed by atoms with van der Waals surface area (Å²) in [6, 6.07) is 8.10. The Kier molecular flexibility index (Phi) is 4.57. The summed E-state index contributed by atoms with van der Waals surface area (Å²) in [5.41, 5.74) is 2.16. The largest absolute Gasteiger partial charge is 0.293 e. The van der Waals surface area contributed by atoms with Gasteiger partial charge < -0.3 is 0 Å². The van der Waals surface area contributed by atoms with Crippen molar-refractivity contribution in [3.8, 4) is 0 Å². The van der Waals surface area contributed by atoms with Crippen LogP contribution < -0.4 is 0 Å². The van der Waals surface area contributed by atoms with Crippen molar-refractivity contribution in [2.24, 2.45) is 0 Å². The van der Waals surface area contributed by atoms with Gasteiger partial charge in [-0.25, -0.2) is 0 Å². The lowest BCUT2D eigenvalue weighted by molar-refractivity contribution is 0.0989. The van der Waals surface area contributed by atoms with Gasteiger partial charge in [0.2, 0.25) is 0 Å². The van der Waals surface area contributed by atoms with Gasteiger partial charge in [-0.05, 0) is 12.0 Å². The second kappa shape index (κ2) is 5.96. The van der Waals surface area contributed by atoms with Crippen LogP contribution in [0, 0.1) is 0 Å². The topological polar surface area (TPSA) is 17.1 Å². The van der Waals surface area contributed by atoms with E-state index in [1.807, 2.05) is 35.7 Å². The minimum absolute atomic E-state index is 0.140. The van der Waals surface area contributed by atoms with Crippen LogP contribution in [0.4, 0.5) is 0 Å². The van der Waals surface area contributed by atoms with Crippen LogP contribution in [0.1, 0.15) is 29.8 Å². The quantitative estimate of drug-likeness (QED) is 0.777. The van der Waals surface area contributed by atoms with E-state index in [4.69, 9.17) is 0 Å². The fourth-order valence-electron chi connectivity index (χ4n) is 1.99. The Morgan fingerprint density at radius 1 is 1.24 bits per heavy atom. The second-order valence-corrected chi connectivity index (χ2v) is 7.02. The zero-order chi connectivity index (χ0) is 12.3. The molecule has 0 radical (unpaired) electrons. The van der Waals surface area contributed by atoms with Gasteiger partial charge in [0.1, 0.15) is 0 Å². The van der Waals surface area contributed by atoms with Crippen LogP contribution in [-0.4, -0.2) is 27.8 Å². The zero-order valence-electron chi connectivity index (χ0n) is 10.3. The van der Waals surface area contributed by atoms with E-state index in [1.165, 1.54) is 11.3 Å².